The van der Waals surface area contributed by atoms with Crippen molar-refractivity contribution in [2.45, 2.75) is 31.5 Å². The van der Waals surface area contributed by atoms with Gasteiger partial charge in [-0.25, -0.2) is 13.4 Å². The molecule has 2 aliphatic rings. The van der Waals surface area contributed by atoms with Crippen LogP contribution in [0.1, 0.15) is 59.8 Å². The van der Waals surface area contributed by atoms with Crippen LogP contribution in [-0.4, -0.2) is 102 Å². The van der Waals surface area contributed by atoms with Crippen molar-refractivity contribution in [1.29, 1.82) is 0 Å². The number of amides is 7. The largest absolute Gasteiger partial charge is 0.383 e. The minimum Gasteiger partial charge on any atom is -0.383 e. The van der Waals surface area contributed by atoms with Gasteiger partial charge < -0.3 is 26.0 Å². The molecule has 18 nitrogen and oxygen atoms in total. The van der Waals surface area contributed by atoms with Crippen LogP contribution in [0.5, 0.6) is 0 Å². The summed E-state index contributed by atoms with van der Waals surface area (Å²) in [7, 11) is -3.64. The first-order valence-electron chi connectivity index (χ1n) is 18.8. The lowest BCUT2D eigenvalue weighted by Gasteiger charge is -2.27. The molecule has 2 aliphatic heterocycles. The number of hydrogen-bond donors (Lipinski definition) is 5. The summed E-state index contributed by atoms with van der Waals surface area (Å²) < 4.78 is 30.6. The average molecular weight is 867 g/mol. The number of imide groups is 2. The van der Waals surface area contributed by atoms with Gasteiger partial charge in [0.05, 0.1) is 41.9 Å². The number of nitrogens with zero attached hydrogens (tertiary/aromatic N) is 3. The summed E-state index contributed by atoms with van der Waals surface area (Å²) in [5.74, 6) is -4.03. The Kier molecular flexibility index (Phi) is 12.5. The van der Waals surface area contributed by atoms with Crippen molar-refractivity contribution in [3.8, 4) is 11.3 Å². The summed E-state index contributed by atoms with van der Waals surface area (Å²) >= 11 is 1.21. The van der Waals surface area contributed by atoms with Crippen LogP contribution in [-0.2, 0) is 35.8 Å². The lowest BCUT2D eigenvalue weighted by Crippen LogP contribution is -2.54. The van der Waals surface area contributed by atoms with E-state index >= 15 is 0 Å². The highest BCUT2D eigenvalue weighted by molar-refractivity contribution is 7.89. The number of aromatic nitrogens is 2. The van der Waals surface area contributed by atoms with Crippen molar-refractivity contribution >= 4 is 73.5 Å². The van der Waals surface area contributed by atoms with E-state index in [-0.39, 0.29) is 61.7 Å². The van der Waals surface area contributed by atoms with E-state index in [9.17, 15) is 42.0 Å². The van der Waals surface area contributed by atoms with E-state index in [0.29, 0.717) is 27.6 Å². The van der Waals surface area contributed by atoms with Gasteiger partial charge in [-0.1, -0.05) is 42.5 Å². The van der Waals surface area contributed by atoms with Crippen LogP contribution in [0.4, 0.5) is 10.8 Å². The molecule has 7 amide bonds. The van der Waals surface area contributed by atoms with E-state index in [4.69, 9.17) is 4.74 Å². The number of rotatable bonds is 16. The number of carbonyl (C=O) groups is 7. The normalized spacial score (nSPS) is 15.5. The van der Waals surface area contributed by atoms with Crippen LogP contribution < -0.4 is 26.6 Å². The van der Waals surface area contributed by atoms with Crippen molar-refractivity contribution in [3.05, 3.63) is 124 Å². The first-order valence-corrected chi connectivity index (χ1v) is 21.5. The minimum absolute atomic E-state index is 0.0193. The zero-order valence-corrected chi connectivity index (χ0v) is 34.0. The monoisotopic (exact) mass is 866 g/mol. The second-order valence-electron chi connectivity index (χ2n) is 14.0. The second kappa shape index (κ2) is 18.1. The molecule has 0 bridgehead atoms. The van der Waals surface area contributed by atoms with Gasteiger partial charge in [0, 0.05) is 54.1 Å². The number of piperidine rings is 1. The summed E-state index contributed by atoms with van der Waals surface area (Å²) in [6.45, 7) is 0.245. The number of fused-ring (bicyclic) bond motifs is 1. The van der Waals surface area contributed by atoms with Crippen molar-refractivity contribution in [2.75, 3.05) is 36.6 Å². The zero-order chi connectivity index (χ0) is 43.3. The molecule has 2 aromatic heterocycles. The molecule has 0 saturated carbocycles. The van der Waals surface area contributed by atoms with Crippen LogP contribution in [0.2, 0.25) is 0 Å². The maximum atomic E-state index is 13.5. The summed E-state index contributed by atoms with van der Waals surface area (Å²) in [5, 5.41) is 15.5. The van der Waals surface area contributed by atoms with Crippen LogP contribution in [0.15, 0.2) is 96.6 Å². The summed E-state index contributed by atoms with van der Waals surface area (Å²) in [5.41, 5.74) is 3.38. The molecule has 1 unspecified atom stereocenters. The smallest absolute Gasteiger partial charge is 0.262 e. The van der Waals surface area contributed by atoms with Gasteiger partial charge in [0.2, 0.25) is 21.8 Å². The summed E-state index contributed by atoms with van der Waals surface area (Å²) in [6, 6.07) is 19.6. The number of anilines is 2. The quantitative estimate of drug-likeness (QED) is 0.0710. The molecule has 20 heteroatoms. The molecule has 3 aromatic carbocycles. The molecular weight excluding hydrogens is 829 g/mol. The third kappa shape index (κ3) is 9.89. The Hall–Kier alpha value is -7.03. The Balaban J connectivity index is 0.901. The lowest BCUT2D eigenvalue weighted by molar-refractivity contribution is -0.136. The third-order valence-electron chi connectivity index (χ3n) is 9.69. The summed E-state index contributed by atoms with van der Waals surface area (Å²) in [6.07, 6.45) is 3.44. The maximum absolute atomic E-state index is 13.5. The molecule has 4 heterocycles. The van der Waals surface area contributed by atoms with E-state index in [1.54, 1.807) is 35.7 Å². The molecule has 5 aromatic rings. The fourth-order valence-electron chi connectivity index (χ4n) is 6.52. The number of carbonyl (C=O) groups excluding carboxylic acids is 7. The number of thiazole rings is 1. The molecule has 0 aliphatic carbocycles. The molecular formula is C41H38N8O10S2. The van der Waals surface area contributed by atoms with E-state index in [0.717, 1.165) is 26.9 Å². The fraction of sp³-hybridized carbons (Fsp3) is 0.220. The van der Waals surface area contributed by atoms with E-state index < -0.39 is 57.6 Å². The Morgan fingerprint density at radius 3 is 2.39 bits per heavy atom. The first kappa shape index (κ1) is 42.1. The van der Waals surface area contributed by atoms with Crippen molar-refractivity contribution < 1.29 is 46.7 Å². The lowest BCUT2D eigenvalue weighted by atomic mass is 10.0. The minimum atomic E-state index is -3.64. The fourth-order valence-corrected chi connectivity index (χ4v) is 7.83. The van der Waals surface area contributed by atoms with Crippen molar-refractivity contribution in [2.24, 2.45) is 0 Å². The number of hydrogen-bond acceptors (Lipinski definition) is 13. The highest BCUT2D eigenvalue weighted by Crippen LogP contribution is 2.30. The van der Waals surface area contributed by atoms with Gasteiger partial charge in [0.15, 0.2) is 5.13 Å². The molecule has 5 N–H and O–H groups in total. The Bertz CT molecular complexity index is 2640. The topological polar surface area (TPSA) is 244 Å². The second-order valence-corrected chi connectivity index (χ2v) is 16.8. The van der Waals surface area contributed by atoms with Gasteiger partial charge >= 0.3 is 0 Å². The first-order chi connectivity index (χ1) is 29.2. The van der Waals surface area contributed by atoms with Crippen LogP contribution in [0, 0.1) is 0 Å². The zero-order valence-electron chi connectivity index (χ0n) is 32.4. The maximum Gasteiger partial charge on any atom is 0.262 e. The van der Waals surface area contributed by atoms with Crippen LogP contribution in [0.25, 0.3) is 11.3 Å². The Morgan fingerprint density at radius 2 is 1.67 bits per heavy atom. The molecule has 61 heavy (non-hydrogen) atoms. The van der Waals surface area contributed by atoms with Gasteiger partial charge in [-0.15, -0.1) is 11.3 Å². The third-order valence-corrected chi connectivity index (χ3v) is 11.4. The predicted molar refractivity (Wildman–Crippen MR) is 222 cm³/mol. The van der Waals surface area contributed by atoms with E-state index in [1.165, 1.54) is 35.7 Å². The molecule has 2 atom stereocenters. The summed E-state index contributed by atoms with van der Waals surface area (Å²) in [4.78, 5) is 94.8. The highest BCUT2D eigenvalue weighted by Gasteiger charge is 2.44. The van der Waals surface area contributed by atoms with Crippen molar-refractivity contribution in [3.63, 3.8) is 0 Å². The Labute approximate surface area is 352 Å². The van der Waals surface area contributed by atoms with Crippen molar-refractivity contribution in [1.82, 2.24) is 29.8 Å². The molecule has 314 valence electrons. The van der Waals surface area contributed by atoms with Gasteiger partial charge in [0.25, 0.3) is 29.5 Å². The standard InChI is InChI=1S/C41H38N8O10S2/c1-61(57,58)48-18-15-27(20-48)36(52)44-31(37(53)47-41-45-32(23-60-41)25-5-3-2-4-6-25)22-59-21-24-7-9-26(10-8-24)35(51)43-17-16-42-28-11-12-29-30(19-28)40(56)49(39(29)55)33-13-14-34(50)46-38(33)54/h2-12,15,18-20,23,31,33,42H,13-14,16-17,21-22H2,1H3,(H,43,51)(H,44,52)(H,45,47,53)(H,46,50,54)/t31-,33?/m0/s1. The van der Waals surface area contributed by atoms with Gasteiger partial charge in [-0.2, -0.15) is 0 Å². The molecule has 1 saturated heterocycles. The highest BCUT2D eigenvalue weighted by atomic mass is 32.2. The Morgan fingerprint density at radius 1 is 0.918 bits per heavy atom. The number of ether oxygens (including phenoxy) is 1. The predicted octanol–water partition coefficient (Wildman–Crippen LogP) is 2.62. The molecule has 1 fully saturated rings. The molecule has 0 spiro atoms. The average Bonchev–Trinajstić information content (AvgIpc) is 3.99. The van der Waals surface area contributed by atoms with E-state index in [2.05, 4.69) is 31.6 Å². The molecule has 7 rings (SSSR count). The SMILES string of the molecule is CS(=O)(=O)n1ccc(C(=O)N[C@@H](COCc2ccc(C(=O)NCCNc3ccc4c(c3)C(=O)N(C3CCC(=O)NC3=O)C4=O)cc2)C(=O)Nc2nc(-c3ccccc3)cs2)c1. The van der Waals surface area contributed by atoms with Crippen LogP contribution in [0.3, 0.4) is 0 Å². The number of nitrogens with one attached hydrogen (secondary N) is 5. The van der Waals surface area contributed by atoms with Gasteiger partial charge in [0.1, 0.15) is 12.1 Å². The van der Waals surface area contributed by atoms with E-state index in [1.807, 2.05) is 30.3 Å². The van der Waals surface area contributed by atoms with Gasteiger partial charge in [-0.3, -0.25) is 47.8 Å². The molecule has 0 radical (unpaired) electrons. The number of benzene rings is 3. The van der Waals surface area contributed by atoms with Gasteiger partial charge in [-0.05, 0) is 48.4 Å². The van der Waals surface area contributed by atoms with Crippen LogP contribution >= 0.6 is 11.3 Å².